The normalized spacial score (nSPS) is 13.7. The lowest BCUT2D eigenvalue weighted by Crippen LogP contribution is -2.16. The molecule has 4 heteroatoms. The van der Waals surface area contributed by atoms with Gasteiger partial charge in [-0.3, -0.25) is 9.59 Å². The van der Waals surface area contributed by atoms with Crippen LogP contribution in [0.5, 0.6) is 0 Å². The smallest absolute Gasteiger partial charge is 0.306 e. The van der Waals surface area contributed by atoms with Gasteiger partial charge in [0.15, 0.2) is 0 Å². The molecule has 226 valence electrons. The minimum absolute atomic E-state index is 0.00491. The van der Waals surface area contributed by atoms with Crippen LogP contribution in [0.4, 0.5) is 0 Å². The van der Waals surface area contributed by atoms with Crippen molar-refractivity contribution in [1.82, 2.24) is 0 Å². The first-order valence-electron chi connectivity index (χ1n) is 16.8. The second kappa shape index (κ2) is 27.5. The first kappa shape index (κ1) is 36.9. The Morgan fingerprint density at radius 3 is 1.32 bits per heavy atom. The molecule has 0 radical (unpaired) electrons. The van der Waals surface area contributed by atoms with E-state index in [1.807, 2.05) is 0 Å². The summed E-state index contributed by atoms with van der Waals surface area (Å²) in [5.41, 5.74) is 0. The van der Waals surface area contributed by atoms with Crippen molar-refractivity contribution in [2.75, 3.05) is 13.2 Å². The van der Waals surface area contributed by atoms with E-state index in [0.717, 1.165) is 38.5 Å². The molecule has 0 fully saturated rings. The van der Waals surface area contributed by atoms with Gasteiger partial charge < -0.3 is 9.47 Å². The van der Waals surface area contributed by atoms with Crippen molar-refractivity contribution < 1.29 is 19.1 Å². The zero-order valence-corrected chi connectivity index (χ0v) is 26.3. The minimum Gasteiger partial charge on any atom is -0.465 e. The maximum Gasteiger partial charge on any atom is 0.306 e. The molecule has 3 unspecified atom stereocenters. The van der Waals surface area contributed by atoms with Crippen LogP contribution in [-0.4, -0.2) is 25.2 Å². The van der Waals surface area contributed by atoms with E-state index in [-0.39, 0.29) is 11.9 Å². The van der Waals surface area contributed by atoms with Crippen molar-refractivity contribution in [3.05, 3.63) is 0 Å². The topological polar surface area (TPSA) is 52.6 Å². The number of esters is 2. The van der Waals surface area contributed by atoms with Gasteiger partial charge in [0.05, 0.1) is 13.2 Å². The second-order valence-corrected chi connectivity index (χ2v) is 11.8. The monoisotopic (exact) mass is 538 g/mol. The summed E-state index contributed by atoms with van der Waals surface area (Å²) in [7, 11) is 0. The van der Waals surface area contributed by atoms with Crippen LogP contribution in [0, 0.1) is 17.8 Å². The van der Waals surface area contributed by atoms with E-state index in [4.69, 9.17) is 9.47 Å². The lowest BCUT2D eigenvalue weighted by molar-refractivity contribution is -0.146. The Morgan fingerprint density at radius 2 is 0.868 bits per heavy atom. The average molecular weight is 539 g/mol. The second-order valence-electron chi connectivity index (χ2n) is 11.8. The van der Waals surface area contributed by atoms with E-state index in [1.165, 1.54) is 89.9 Å². The molecule has 0 aliphatic heterocycles. The highest BCUT2D eigenvalue weighted by Gasteiger charge is 2.15. The lowest BCUT2D eigenvalue weighted by atomic mass is 9.94. The van der Waals surface area contributed by atoms with Crippen LogP contribution in [0.1, 0.15) is 176 Å². The average Bonchev–Trinajstić information content (AvgIpc) is 2.93. The molecule has 0 aromatic carbocycles. The number of rotatable bonds is 28. The van der Waals surface area contributed by atoms with Gasteiger partial charge in [-0.05, 0) is 43.4 Å². The van der Waals surface area contributed by atoms with Gasteiger partial charge in [-0.15, -0.1) is 0 Å². The molecule has 0 saturated carbocycles. The van der Waals surface area contributed by atoms with E-state index in [0.29, 0.717) is 43.8 Å². The fourth-order valence-corrected chi connectivity index (χ4v) is 5.15. The van der Waals surface area contributed by atoms with Gasteiger partial charge in [0.25, 0.3) is 0 Å². The Bertz CT molecular complexity index is 533. The van der Waals surface area contributed by atoms with Crippen LogP contribution in [0.2, 0.25) is 0 Å². The van der Waals surface area contributed by atoms with Crippen molar-refractivity contribution in [2.24, 2.45) is 17.8 Å². The molecule has 0 rings (SSSR count). The quantitative estimate of drug-likeness (QED) is 0.0734. The van der Waals surface area contributed by atoms with Crippen molar-refractivity contribution >= 4 is 11.9 Å². The maximum absolute atomic E-state index is 12.3. The van der Waals surface area contributed by atoms with E-state index < -0.39 is 0 Å². The molecule has 0 heterocycles. The van der Waals surface area contributed by atoms with Crippen molar-refractivity contribution in [2.45, 2.75) is 176 Å². The van der Waals surface area contributed by atoms with Crippen molar-refractivity contribution in [1.29, 1.82) is 0 Å². The highest BCUT2D eigenvalue weighted by molar-refractivity contribution is 5.69. The first-order chi connectivity index (χ1) is 18.5. The zero-order chi connectivity index (χ0) is 28.3. The molecular formula is C34H66O4. The summed E-state index contributed by atoms with van der Waals surface area (Å²) in [6.07, 6.45) is 25.2. The summed E-state index contributed by atoms with van der Waals surface area (Å²) >= 11 is 0. The molecule has 0 aromatic heterocycles. The fraction of sp³-hybridized carbons (Fsp3) is 0.941. The Morgan fingerprint density at radius 1 is 0.474 bits per heavy atom. The molecular weight excluding hydrogens is 472 g/mol. The Labute approximate surface area is 237 Å². The van der Waals surface area contributed by atoms with Crippen LogP contribution < -0.4 is 0 Å². The zero-order valence-electron chi connectivity index (χ0n) is 26.3. The number of carbonyl (C=O) groups is 2. The minimum atomic E-state index is -0.00491. The third-order valence-corrected chi connectivity index (χ3v) is 8.32. The molecule has 4 nitrogen and oxygen atoms in total. The van der Waals surface area contributed by atoms with Crippen molar-refractivity contribution in [3.63, 3.8) is 0 Å². The molecule has 0 aliphatic carbocycles. The molecule has 0 aliphatic rings. The van der Waals surface area contributed by atoms with Gasteiger partial charge in [0.1, 0.15) is 0 Å². The van der Waals surface area contributed by atoms with Gasteiger partial charge in [-0.1, -0.05) is 137 Å². The molecule has 0 saturated heterocycles. The van der Waals surface area contributed by atoms with Gasteiger partial charge in [-0.2, -0.15) is 0 Å². The van der Waals surface area contributed by atoms with Gasteiger partial charge in [0, 0.05) is 12.8 Å². The third kappa shape index (κ3) is 22.9. The summed E-state index contributed by atoms with van der Waals surface area (Å²) in [5, 5.41) is 0. The third-order valence-electron chi connectivity index (χ3n) is 8.32. The molecule has 0 bridgehead atoms. The summed E-state index contributed by atoms with van der Waals surface area (Å²) < 4.78 is 11.1. The van der Waals surface area contributed by atoms with E-state index >= 15 is 0 Å². The Balaban J connectivity index is 3.63. The van der Waals surface area contributed by atoms with Gasteiger partial charge in [0.2, 0.25) is 0 Å². The van der Waals surface area contributed by atoms with Gasteiger partial charge >= 0.3 is 11.9 Å². The Kier molecular flexibility index (Phi) is 26.7. The van der Waals surface area contributed by atoms with E-state index in [9.17, 15) is 9.59 Å². The summed E-state index contributed by atoms with van der Waals surface area (Å²) in [6.45, 7) is 12.2. The molecule has 38 heavy (non-hydrogen) atoms. The highest BCUT2D eigenvalue weighted by Crippen LogP contribution is 2.21. The molecule has 0 N–H and O–H groups in total. The van der Waals surface area contributed by atoms with Crippen LogP contribution in [0.3, 0.4) is 0 Å². The molecule has 0 aromatic rings. The maximum atomic E-state index is 12.3. The summed E-state index contributed by atoms with van der Waals surface area (Å²) in [6, 6.07) is 0. The van der Waals surface area contributed by atoms with Crippen LogP contribution in [0.15, 0.2) is 0 Å². The van der Waals surface area contributed by atoms with Gasteiger partial charge in [-0.25, -0.2) is 0 Å². The van der Waals surface area contributed by atoms with E-state index in [1.54, 1.807) is 0 Å². The SMILES string of the molecule is CCCCC(CC)COC(=O)CCCCCCCCCCCCC(CC)CC(=O)OCC(CC)CCCC. The predicted molar refractivity (Wildman–Crippen MR) is 162 cm³/mol. The highest BCUT2D eigenvalue weighted by atomic mass is 16.5. The Hall–Kier alpha value is -1.06. The molecule has 3 atom stereocenters. The summed E-state index contributed by atoms with van der Waals surface area (Å²) in [4.78, 5) is 24.3. The number of unbranched alkanes of at least 4 members (excludes halogenated alkanes) is 11. The number of ether oxygens (including phenoxy) is 2. The number of hydrogen-bond acceptors (Lipinski definition) is 4. The van der Waals surface area contributed by atoms with Crippen LogP contribution >= 0.6 is 0 Å². The van der Waals surface area contributed by atoms with Crippen LogP contribution in [0.25, 0.3) is 0 Å². The predicted octanol–water partition coefficient (Wildman–Crippen LogP) is 10.6. The van der Waals surface area contributed by atoms with Crippen LogP contribution in [-0.2, 0) is 19.1 Å². The summed E-state index contributed by atoms with van der Waals surface area (Å²) in [5.74, 6) is 1.55. The first-order valence-corrected chi connectivity index (χ1v) is 16.8. The lowest BCUT2D eigenvalue weighted by Gasteiger charge is -2.17. The molecule has 0 spiro atoms. The standard InChI is InChI=1S/C34H66O4/c1-6-11-23-31(9-4)28-37-33(35)26-22-20-18-16-14-13-15-17-19-21-25-30(8-3)27-34(36)38-29-32(10-5)24-12-7-2/h30-32H,6-29H2,1-5H3. The van der Waals surface area contributed by atoms with E-state index in [2.05, 4.69) is 34.6 Å². The largest absolute Gasteiger partial charge is 0.465 e. The van der Waals surface area contributed by atoms with Crippen molar-refractivity contribution in [3.8, 4) is 0 Å². The number of hydrogen-bond donors (Lipinski definition) is 0. The fourth-order valence-electron chi connectivity index (χ4n) is 5.15. The molecule has 0 amide bonds. The number of carbonyl (C=O) groups excluding carboxylic acids is 2.